The van der Waals surface area contributed by atoms with Crippen molar-refractivity contribution in [2.75, 3.05) is 21.3 Å². The first-order valence-corrected chi connectivity index (χ1v) is 44.7. The lowest BCUT2D eigenvalue weighted by Gasteiger charge is -2.21. The van der Waals surface area contributed by atoms with Gasteiger partial charge in [0.25, 0.3) is 0 Å². The summed E-state index contributed by atoms with van der Waals surface area (Å²) in [4.78, 5) is 97.2. The van der Waals surface area contributed by atoms with E-state index >= 15 is 0 Å². The lowest BCUT2D eigenvalue weighted by atomic mass is 10.0. The average Bonchev–Trinajstić information content (AvgIpc) is 1.63. The zero-order valence-electron chi connectivity index (χ0n) is 74.5. The Bertz CT molecular complexity index is 5760. The molecule has 14 aromatic rings. The highest BCUT2D eigenvalue weighted by Crippen LogP contribution is 2.24. The van der Waals surface area contributed by atoms with Crippen molar-refractivity contribution < 1.29 is 38.2 Å². The van der Waals surface area contributed by atoms with Crippen LogP contribution in [-0.2, 0) is 58.4 Å². The van der Waals surface area contributed by atoms with E-state index in [1.807, 2.05) is 151 Å². The van der Waals surface area contributed by atoms with Crippen molar-refractivity contribution in [3.05, 3.63) is 332 Å². The Morgan fingerprint density at radius 3 is 1.01 bits per heavy atom. The van der Waals surface area contributed by atoms with Crippen LogP contribution in [0.4, 0.5) is 41.1 Å². The maximum absolute atomic E-state index is 14.0. The third-order valence-electron chi connectivity index (χ3n) is 18.9. The molecular formula is C98H122Cl6F4N26O4. The maximum atomic E-state index is 14.0. The smallest absolute Gasteiger partial charge is 0.313 e. The van der Waals surface area contributed by atoms with Gasteiger partial charge in [0.05, 0.1) is 6.04 Å². The largest absolute Gasteiger partial charge is 0.358 e. The van der Waals surface area contributed by atoms with Crippen LogP contribution in [0.5, 0.6) is 0 Å². The van der Waals surface area contributed by atoms with Crippen LogP contribution in [-0.4, -0.2) is 126 Å². The van der Waals surface area contributed by atoms with Crippen LogP contribution in [0.15, 0.2) is 245 Å². The maximum Gasteiger partial charge on any atom is 0.313 e. The topological polar surface area (TPSA) is 391 Å². The fourth-order valence-corrected chi connectivity index (χ4v) is 13.3. The van der Waals surface area contributed by atoms with E-state index in [2.05, 4.69) is 116 Å². The summed E-state index contributed by atoms with van der Waals surface area (Å²) in [6.45, 7) is 19.0. The number of nitrogens with zero attached hydrogens (tertiary/aromatic N) is 16. The minimum absolute atomic E-state index is 0. The molecule has 0 saturated carbocycles. The number of anilines is 4. The van der Waals surface area contributed by atoms with Crippen molar-refractivity contribution in [1.29, 1.82) is 0 Å². The first kappa shape index (κ1) is 115. The fourth-order valence-electron chi connectivity index (χ4n) is 12.4. The summed E-state index contributed by atoms with van der Waals surface area (Å²) in [5.41, 5.74) is 17.0. The molecule has 1 unspecified atom stereocenters. The molecule has 0 aliphatic heterocycles. The highest BCUT2D eigenvalue weighted by atomic mass is 35.5. The Morgan fingerprint density at radius 2 is 0.659 bits per heavy atom. The monoisotopic (exact) mass is 2010 g/mol. The molecule has 0 saturated heterocycles. The average molecular weight is 2020 g/mol. The molecule has 30 nitrogen and oxygen atoms in total. The summed E-state index contributed by atoms with van der Waals surface area (Å²) >= 11 is 35.3. The molecule has 8 aromatic heterocycles. The third-order valence-corrected chi connectivity index (χ3v) is 20.4. The van der Waals surface area contributed by atoms with E-state index in [0.29, 0.717) is 125 Å². The number of benzene rings is 6. The first-order valence-electron chi connectivity index (χ1n) is 42.4. The van der Waals surface area contributed by atoms with E-state index in [4.69, 9.17) is 81.1 Å². The zero-order chi connectivity index (χ0) is 96.6. The Kier molecular flexibility index (Phi) is 50.1. The molecule has 8 heterocycles. The van der Waals surface area contributed by atoms with E-state index in [1.165, 1.54) is 42.0 Å². The van der Waals surface area contributed by atoms with Crippen LogP contribution < -0.4 is 54.0 Å². The zero-order valence-corrected chi connectivity index (χ0v) is 79.0. The Morgan fingerprint density at radius 1 is 0.341 bits per heavy atom. The van der Waals surface area contributed by atoms with Crippen LogP contribution >= 0.6 is 69.6 Å². The summed E-state index contributed by atoms with van der Waals surface area (Å²) < 4.78 is 59.3. The molecule has 0 spiro atoms. The van der Waals surface area contributed by atoms with Crippen LogP contribution in [0, 0.1) is 47.7 Å². The van der Waals surface area contributed by atoms with Gasteiger partial charge in [-0.25, -0.2) is 19.9 Å². The molecule has 14 rings (SSSR count). The van der Waals surface area contributed by atoms with E-state index in [1.54, 1.807) is 106 Å². The number of carbonyl (C=O) groups excluding carboxylic acids is 4. The molecule has 0 bridgehead atoms. The minimum Gasteiger partial charge on any atom is -0.358 e. The van der Waals surface area contributed by atoms with Gasteiger partial charge in [-0.2, -0.15) is 57.4 Å². The van der Waals surface area contributed by atoms with Crippen molar-refractivity contribution in [3.8, 4) is 23.3 Å². The van der Waals surface area contributed by atoms with Gasteiger partial charge in [-0.15, -0.1) is 0 Å². The Hall–Kier alpha value is -13.1. The van der Waals surface area contributed by atoms with E-state index in [9.17, 15) is 36.7 Å². The third kappa shape index (κ3) is 41.5. The van der Waals surface area contributed by atoms with Gasteiger partial charge in [0.15, 0.2) is 0 Å². The second-order valence-corrected chi connectivity index (χ2v) is 34.4. The second kappa shape index (κ2) is 59.8. The number of hydrogen-bond acceptors (Lipinski definition) is 22. The molecule has 738 valence electrons. The molecule has 138 heavy (non-hydrogen) atoms. The number of nitrogens with one attached hydrogen (secondary N) is 8. The van der Waals surface area contributed by atoms with Gasteiger partial charge >= 0.3 is 12.2 Å². The molecule has 12 N–H and O–H groups in total. The number of nitrogens with two attached hydrogens (primary N) is 2. The minimum atomic E-state index is -1.09. The van der Waals surface area contributed by atoms with Crippen molar-refractivity contribution in [1.82, 2.24) is 99.3 Å². The van der Waals surface area contributed by atoms with E-state index < -0.39 is 48.2 Å². The predicted molar refractivity (Wildman–Crippen MR) is 545 cm³/mol. The Balaban J connectivity index is 0.000000362. The van der Waals surface area contributed by atoms with Gasteiger partial charge in [0, 0.05) is 145 Å². The van der Waals surface area contributed by atoms with Crippen LogP contribution in [0.25, 0.3) is 23.3 Å². The predicted octanol–water partition coefficient (Wildman–Crippen LogP) is 20.8. The molecule has 4 amide bonds. The lowest BCUT2D eigenvalue weighted by molar-refractivity contribution is -0.123. The number of carbonyl (C=O) groups is 4. The molecule has 6 aromatic carbocycles. The van der Waals surface area contributed by atoms with Crippen molar-refractivity contribution in [3.63, 3.8) is 0 Å². The van der Waals surface area contributed by atoms with Gasteiger partial charge in [-0.05, 0) is 156 Å². The van der Waals surface area contributed by atoms with E-state index in [0.717, 1.165) is 44.5 Å². The Labute approximate surface area is 835 Å². The van der Waals surface area contributed by atoms with Crippen LogP contribution in [0.1, 0.15) is 146 Å². The fraction of sp³-hybridized carbons (Fsp3) is 0.306. The van der Waals surface area contributed by atoms with Crippen LogP contribution in [0.2, 0.25) is 30.1 Å². The summed E-state index contributed by atoms with van der Waals surface area (Å²) in [7, 11) is 0. The normalized spacial score (nSPS) is 11.4. The van der Waals surface area contributed by atoms with Crippen molar-refractivity contribution >= 4 is 117 Å². The lowest BCUT2D eigenvalue weighted by Crippen LogP contribution is -2.40. The molecule has 4 atom stereocenters. The number of halogens is 10. The molecule has 40 heteroatoms. The summed E-state index contributed by atoms with van der Waals surface area (Å²) in [6, 6.07) is 47.9. The highest BCUT2D eigenvalue weighted by molar-refractivity contribution is 6.32. The molecule has 0 fully saturated rings. The number of amides is 4. The SMILES string of the molecule is C.C.C.C.CC(C)CC(N)C(=O)NCc1ccc(Cl)cc1.CC(C)C[C@@H](Nc1cc(-n2ccnc2)nc(F)n1)C(=O)NCc1ccc(Cl)cc1.CC(C)C[C@@H](Nc1cc(-n2ccnc2)nc(NCc2cccc(Cl)c2)n1)C(=O)NCc1ccc(Cl)cc1.CC(C)C[C@@H](Nc1nc(F)cc(-n2ccnc2)n1)C(=O)NCc1ccc(Cl)cc1.Fc1cc(-n2ccnc2)nc(F)n1.NCc1cccc(Cl)c1.[2HH]. The summed E-state index contributed by atoms with van der Waals surface area (Å²) in [5.74, 6) is 1.54. The highest BCUT2D eigenvalue weighted by Gasteiger charge is 2.26. The second-order valence-electron chi connectivity index (χ2n) is 31.8. The van der Waals surface area contributed by atoms with Gasteiger partial charge < -0.3 is 54.0 Å². The molecule has 0 aliphatic carbocycles. The van der Waals surface area contributed by atoms with Crippen molar-refractivity contribution in [2.24, 2.45) is 35.1 Å². The summed E-state index contributed by atoms with van der Waals surface area (Å²) in [6.07, 6.45) is 19.4. The van der Waals surface area contributed by atoms with Gasteiger partial charge in [0.1, 0.15) is 78.3 Å². The van der Waals surface area contributed by atoms with E-state index in [-0.39, 0.29) is 90.1 Å². The van der Waals surface area contributed by atoms with Gasteiger partial charge in [0.2, 0.25) is 47.4 Å². The molecule has 0 radical (unpaired) electrons. The van der Waals surface area contributed by atoms with Gasteiger partial charge in [-0.1, -0.05) is 227 Å². The number of imidazole rings is 4. The first-order chi connectivity index (χ1) is 64.2. The van der Waals surface area contributed by atoms with Gasteiger partial charge in [-0.3, -0.25) is 37.4 Å². The summed E-state index contributed by atoms with van der Waals surface area (Å²) in [5, 5.41) is 28.3. The quantitative estimate of drug-likeness (QED) is 0.0102. The van der Waals surface area contributed by atoms with Crippen LogP contribution in [0.3, 0.4) is 0 Å². The standard InChI is InChI=1S/C27H29Cl2N7O.2C20H22ClFN6O.C13H19ClN2O.C7H8ClN.C7H4F2N4.4CH4.H2/c1-18(2)12-23(26(37)31-15-19-6-8-21(28)9-7-19)33-24-14-25(36-11-10-30-17-36)35-27(34-24)32-16-20-4-3-5-22(29)13-20;1-13(2)9-16(19(29)24-11-14-3-5-15(21)6-4-14)25-17-10-18(27-20(22)26-17)28-8-7-23-12-28;1-13(2)9-16(19(29)24-11-14-3-5-15(21)6-4-14)25-20-26-17(22)10-18(27-20)28-8-7-23-12-28;1-9(2)7-12(15)13(17)16-8-10-3-5-11(14)6-4-10;8-7-3-1-2-6(4-7)5-9;8-5-3-6(12-7(9)11-5)13-2-1-10-4-13;;;;;/h3-11,13-14,17-18,23H,12,15-16H2,1-2H3,(H,31,37)(H2,32,33,34,35);2*3-8,10,12-13,16H,9,11H2,1-2H3,(H,24,29)(H,25,26,27);3-6,9,12H,7-8,15H2,1-2H3,(H,16,17);1-4H,5,9H2;1-4H;4*1H4;1H/t23-;2*16-;;;;;;;;/m111......../s1/i;;;;;;;;;;1+1. The molecular weight excluding hydrogens is 1890 g/mol. The number of hydrogen-bond donors (Lipinski definition) is 10. The van der Waals surface area contributed by atoms with Crippen molar-refractivity contribution in [2.45, 2.75) is 174 Å². The molecule has 0 aliphatic rings. The number of aromatic nitrogens is 16. The number of rotatable bonds is 34.